The third-order valence-electron chi connectivity index (χ3n) is 1.68. The fourth-order valence-corrected chi connectivity index (χ4v) is 0.927. The quantitative estimate of drug-likeness (QED) is 0.640. The van der Waals surface area contributed by atoms with Crippen LogP contribution in [0.4, 0.5) is 0 Å². The van der Waals surface area contributed by atoms with Crippen LogP contribution in [0.1, 0.15) is 33.6 Å². The van der Waals surface area contributed by atoms with E-state index in [9.17, 15) is 4.79 Å². The average molecular weight is 174 g/mol. The summed E-state index contributed by atoms with van der Waals surface area (Å²) in [5.41, 5.74) is -0.0194. The molecular weight excluding hydrogens is 156 g/mol. The van der Waals surface area contributed by atoms with Crippen LogP contribution in [0, 0.1) is 5.41 Å². The molecule has 0 aromatic rings. The van der Waals surface area contributed by atoms with E-state index in [1.807, 2.05) is 13.8 Å². The molecule has 0 bridgehead atoms. The molecule has 0 saturated carbocycles. The van der Waals surface area contributed by atoms with Crippen molar-refractivity contribution in [3.8, 4) is 0 Å². The Labute approximate surface area is 73.7 Å². The van der Waals surface area contributed by atoms with Gasteiger partial charge in [-0.15, -0.1) is 0 Å². The number of hydrogen-bond acceptors (Lipinski definition) is 3. The van der Waals surface area contributed by atoms with E-state index in [4.69, 9.17) is 9.84 Å². The molecule has 0 rings (SSSR count). The highest BCUT2D eigenvalue weighted by Gasteiger charge is 2.18. The van der Waals surface area contributed by atoms with Gasteiger partial charge in [-0.05, 0) is 18.3 Å². The number of ether oxygens (including phenoxy) is 1. The molecule has 0 radical (unpaired) electrons. The topological polar surface area (TPSA) is 46.5 Å². The summed E-state index contributed by atoms with van der Waals surface area (Å²) in [6, 6.07) is 0. The minimum Gasteiger partial charge on any atom is -0.465 e. The summed E-state index contributed by atoms with van der Waals surface area (Å²) in [4.78, 5) is 10.5. The van der Waals surface area contributed by atoms with Crippen LogP contribution in [0.15, 0.2) is 0 Å². The molecule has 0 atom stereocenters. The van der Waals surface area contributed by atoms with E-state index in [1.54, 1.807) is 0 Å². The fraction of sp³-hybridized carbons (Fsp3) is 0.889. The second kappa shape index (κ2) is 5.14. The van der Waals surface area contributed by atoms with Crippen LogP contribution in [0.2, 0.25) is 0 Å². The molecule has 0 amide bonds. The van der Waals surface area contributed by atoms with Gasteiger partial charge < -0.3 is 9.84 Å². The second-order valence-corrected chi connectivity index (χ2v) is 3.77. The monoisotopic (exact) mass is 174 g/mol. The molecule has 0 aliphatic heterocycles. The number of aliphatic hydroxyl groups excluding tert-OH is 1. The number of carbonyl (C=O) groups is 1. The molecule has 0 aliphatic rings. The molecular formula is C9H18O3. The molecule has 12 heavy (non-hydrogen) atoms. The molecule has 3 nitrogen and oxygen atoms in total. The van der Waals surface area contributed by atoms with Crippen LogP contribution in [-0.4, -0.2) is 24.3 Å². The van der Waals surface area contributed by atoms with Crippen LogP contribution in [0.5, 0.6) is 0 Å². The molecule has 0 fully saturated rings. The minimum atomic E-state index is -0.243. The third kappa shape index (κ3) is 6.16. The van der Waals surface area contributed by atoms with Crippen LogP contribution in [0.3, 0.4) is 0 Å². The molecule has 72 valence electrons. The zero-order chi connectivity index (χ0) is 9.61. The van der Waals surface area contributed by atoms with E-state index in [0.717, 1.165) is 12.8 Å². The highest BCUT2D eigenvalue weighted by molar-refractivity contribution is 5.65. The lowest BCUT2D eigenvalue weighted by molar-refractivity contribution is -0.144. The predicted octanol–water partition coefficient (Wildman–Crippen LogP) is 1.35. The van der Waals surface area contributed by atoms with Crippen molar-refractivity contribution in [1.29, 1.82) is 0 Å². The van der Waals surface area contributed by atoms with Gasteiger partial charge in [-0.3, -0.25) is 4.79 Å². The number of esters is 1. The van der Waals surface area contributed by atoms with E-state index < -0.39 is 0 Å². The smallest absolute Gasteiger partial charge is 0.302 e. The Bertz CT molecular complexity index is 141. The van der Waals surface area contributed by atoms with E-state index in [2.05, 4.69) is 0 Å². The molecule has 3 heteroatoms. The van der Waals surface area contributed by atoms with Gasteiger partial charge in [-0.2, -0.15) is 0 Å². The Kier molecular flexibility index (Phi) is 4.90. The van der Waals surface area contributed by atoms with Gasteiger partial charge in [-0.25, -0.2) is 0 Å². The van der Waals surface area contributed by atoms with Crippen LogP contribution < -0.4 is 0 Å². The molecule has 1 N–H and O–H groups in total. The third-order valence-corrected chi connectivity index (χ3v) is 1.68. The molecule has 0 spiro atoms. The largest absolute Gasteiger partial charge is 0.465 e. The first-order valence-electron chi connectivity index (χ1n) is 4.22. The van der Waals surface area contributed by atoms with Gasteiger partial charge in [0.1, 0.15) is 0 Å². The summed E-state index contributed by atoms with van der Waals surface area (Å²) < 4.78 is 4.88. The van der Waals surface area contributed by atoms with Crippen molar-refractivity contribution in [1.82, 2.24) is 0 Å². The molecule has 0 aliphatic carbocycles. The van der Waals surface area contributed by atoms with Gasteiger partial charge >= 0.3 is 5.97 Å². The number of carbonyl (C=O) groups excluding carboxylic acids is 1. The first kappa shape index (κ1) is 11.4. The summed E-state index contributed by atoms with van der Waals surface area (Å²) in [5.74, 6) is -0.243. The van der Waals surface area contributed by atoms with Crippen molar-refractivity contribution in [2.75, 3.05) is 13.2 Å². The molecule has 0 aromatic carbocycles. The molecule has 0 aromatic heterocycles. The van der Waals surface area contributed by atoms with Gasteiger partial charge in [-0.1, -0.05) is 13.8 Å². The summed E-state index contributed by atoms with van der Waals surface area (Å²) in [5, 5.41) is 8.60. The lowest BCUT2D eigenvalue weighted by Crippen LogP contribution is -2.21. The summed E-state index contributed by atoms with van der Waals surface area (Å²) in [6.45, 7) is 6.07. The standard InChI is InChI=1S/C9H18O3/c1-8(11)12-7-9(2,3)5-4-6-10/h10H,4-7H2,1-3H3. The Morgan fingerprint density at radius 3 is 2.50 bits per heavy atom. The van der Waals surface area contributed by atoms with Crippen molar-refractivity contribution in [2.24, 2.45) is 5.41 Å². The van der Waals surface area contributed by atoms with Crippen molar-refractivity contribution in [3.63, 3.8) is 0 Å². The molecule has 0 unspecified atom stereocenters. The first-order valence-corrected chi connectivity index (χ1v) is 4.22. The maximum Gasteiger partial charge on any atom is 0.302 e. The zero-order valence-electron chi connectivity index (χ0n) is 8.09. The Balaban J connectivity index is 3.63. The van der Waals surface area contributed by atoms with Crippen LogP contribution in [-0.2, 0) is 9.53 Å². The maximum atomic E-state index is 10.5. The lowest BCUT2D eigenvalue weighted by Gasteiger charge is -2.23. The van der Waals surface area contributed by atoms with Crippen molar-refractivity contribution < 1.29 is 14.6 Å². The summed E-state index contributed by atoms with van der Waals surface area (Å²) >= 11 is 0. The fourth-order valence-electron chi connectivity index (χ4n) is 0.927. The average Bonchev–Trinajstić information content (AvgIpc) is 1.98. The van der Waals surface area contributed by atoms with Crippen molar-refractivity contribution in [2.45, 2.75) is 33.6 Å². The Hall–Kier alpha value is -0.570. The van der Waals surface area contributed by atoms with Gasteiger partial charge in [0, 0.05) is 13.5 Å². The molecule has 0 saturated heterocycles. The zero-order valence-corrected chi connectivity index (χ0v) is 8.09. The number of aliphatic hydroxyl groups is 1. The van der Waals surface area contributed by atoms with E-state index >= 15 is 0 Å². The van der Waals surface area contributed by atoms with Gasteiger partial charge in [0.25, 0.3) is 0 Å². The second-order valence-electron chi connectivity index (χ2n) is 3.77. The summed E-state index contributed by atoms with van der Waals surface area (Å²) in [7, 11) is 0. The van der Waals surface area contributed by atoms with Gasteiger partial charge in [0.05, 0.1) is 6.61 Å². The number of rotatable bonds is 5. The Morgan fingerprint density at radius 1 is 1.50 bits per heavy atom. The number of hydrogen-bond donors (Lipinski definition) is 1. The predicted molar refractivity (Wildman–Crippen MR) is 46.7 cm³/mol. The summed E-state index contributed by atoms with van der Waals surface area (Å²) in [6.07, 6.45) is 1.63. The van der Waals surface area contributed by atoms with Gasteiger partial charge in [0.15, 0.2) is 0 Å². The minimum absolute atomic E-state index is 0.0194. The normalized spacial score (nSPS) is 11.3. The SMILES string of the molecule is CC(=O)OCC(C)(C)CCCO. The van der Waals surface area contributed by atoms with E-state index in [1.165, 1.54) is 6.92 Å². The van der Waals surface area contributed by atoms with Gasteiger partial charge in [0.2, 0.25) is 0 Å². The highest BCUT2D eigenvalue weighted by Crippen LogP contribution is 2.22. The van der Waals surface area contributed by atoms with Crippen molar-refractivity contribution in [3.05, 3.63) is 0 Å². The van der Waals surface area contributed by atoms with Crippen LogP contribution in [0.25, 0.3) is 0 Å². The van der Waals surface area contributed by atoms with E-state index in [0.29, 0.717) is 6.61 Å². The van der Waals surface area contributed by atoms with Crippen molar-refractivity contribution >= 4 is 5.97 Å². The maximum absolute atomic E-state index is 10.5. The first-order chi connectivity index (χ1) is 5.48. The van der Waals surface area contributed by atoms with E-state index in [-0.39, 0.29) is 18.0 Å². The highest BCUT2D eigenvalue weighted by atomic mass is 16.5. The Morgan fingerprint density at radius 2 is 2.08 bits per heavy atom. The lowest BCUT2D eigenvalue weighted by atomic mass is 9.89. The molecule has 0 heterocycles. The van der Waals surface area contributed by atoms with Crippen LogP contribution >= 0.6 is 0 Å².